The van der Waals surface area contributed by atoms with Gasteiger partial charge in [-0.15, -0.1) is 0 Å². The van der Waals surface area contributed by atoms with Gasteiger partial charge in [0.25, 0.3) is 11.8 Å². The van der Waals surface area contributed by atoms with E-state index in [2.05, 4.69) is 10.3 Å². The predicted molar refractivity (Wildman–Crippen MR) is 189 cm³/mol. The third-order valence-corrected chi connectivity index (χ3v) is 8.86. The second-order valence-electron chi connectivity index (χ2n) is 13.8. The Kier molecular flexibility index (Phi) is 11.4. The molecule has 52 heavy (non-hydrogen) atoms. The van der Waals surface area contributed by atoms with Gasteiger partial charge in [0.1, 0.15) is 22.5 Å². The molecule has 8 nitrogen and oxygen atoms in total. The Bertz CT molecular complexity index is 1860. The van der Waals surface area contributed by atoms with E-state index in [0.717, 1.165) is 0 Å². The summed E-state index contributed by atoms with van der Waals surface area (Å²) in [6, 6.07) is 16.1. The zero-order chi connectivity index (χ0) is 38.0. The summed E-state index contributed by atoms with van der Waals surface area (Å²) >= 11 is 0. The number of benzene rings is 3. The molecule has 0 aliphatic rings. The van der Waals surface area contributed by atoms with Crippen molar-refractivity contribution in [1.82, 2.24) is 20.1 Å². The lowest BCUT2D eigenvalue weighted by Gasteiger charge is -2.31. The number of carbonyl (C=O) groups is 2. The van der Waals surface area contributed by atoms with Gasteiger partial charge >= 0.3 is 0 Å². The minimum Gasteiger partial charge on any atom is -0.360 e. The second-order valence-corrected chi connectivity index (χ2v) is 13.8. The van der Waals surface area contributed by atoms with Crippen LogP contribution in [-0.2, 0) is 12.8 Å². The van der Waals surface area contributed by atoms with Crippen LogP contribution in [0, 0.1) is 23.3 Å². The first-order chi connectivity index (χ1) is 24.6. The van der Waals surface area contributed by atoms with Crippen LogP contribution >= 0.6 is 0 Å². The first-order valence-corrected chi connectivity index (χ1v) is 17.2. The highest BCUT2D eigenvalue weighted by molar-refractivity contribution is 6.02. The van der Waals surface area contributed by atoms with E-state index in [1.165, 1.54) is 0 Å². The van der Waals surface area contributed by atoms with Gasteiger partial charge in [0.15, 0.2) is 34.8 Å². The molecule has 3 aromatic carbocycles. The molecular weight excluding hydrogens is 676 g/mol. The predicted octanol–water partition coefficient (Wildman–Crippen LogP) is 9.25. The molecule has 5 aromatic rings. The lowest BCUT2D eigenvalue weighted by molar-refractivity contribution is 0.0632. The minimum atomic E-state index is -1.68. The molecule has 2 heterocycles. The summed E-state index contributed by atoms with van der Waals surface area (Å²) in [5.41, 5.74) is -0.878. The number of rotatable bonds is 12. The maximum atomic E-state index is 16.0. The van der Waals surface area contributed by atoms with Gasteiger partial charge in [0.2, 0.25) is 0 Å². The molecule has 0 unspecified atom stereocenters. The maximum absolute atomic E-state index is 16.0. The van der Waals surface area contributed by atoms with E-state index < -0.39 is 59.1 Å². The van der Waals surface area contributed by atoms with Crippen molar-refractivity contribution in [3.05, 3.63) is 118 Å². The van der Waals surface area contributed by atoms with E-state index in [1.807, 2.05) is 55.4 Å². The zero-order valence-electron chi connectivity index (χ0n) is 30.4. The van der Waals surface area contributed by atoms with Crippen molar-refractivity contribution in [1.29, 1.82) is 0 Å². The van der Waals surface area contributed by atoms with Gasteiger partial charge in [0, 0.05) is 59.3 Å². The number of nitrogens with zero attached hydrogens (tertiary/aromatic N) is 4. The number of hydrogen-bond donors (Lipinski definition) is 0. The van der Waals surface area contributed by atoms with Crippen LogP contribution in [0.5, 0.6) is 0 Å². The molecule has 12 heteroatoms. The number of aromatic nitrogens is 2. The summed E-state index contributed by atoms with van der Waals surface area (Å²) in [4.78, 5) is 31.2. The van der Waals surface area contributed by atoms with Crippen LogP contribution in [0.1, 0.15) is 98.8 Å². The third kappa shape index (κ3) is 7.24. The second kappa shape index (κ2) is 15.5. The fourth-order valence-corrected chi connectivity index (χ4v) is 6.66. The number of amides is 2. The van der Waals surface area contributed by atoms with Crippen molar-refractivity contribution in [3.63, 3.8) is 0 Å². The lowest BCUT2D eigenvalue weighted by Crippen LogP contribution is -2.42. The van der Waals surface area contributed by atoms with Crippen molar-refractivity contribution in [2.45, 2.75) is 92.4 Å². The molecule has 0 aliphatic carbocycles. The van der Waals surface area contributed by atoms with Gasteiger partial charge < -0.3 is 18.8 Å². The van der Waals surface area contributed by atoms with E-state index in [9.17, 15) is 9.59 Å². The molecule has 0 saturated carbocycles. The van der Waals surface area contributed by atoms with Crippen molar-refractivity contribution in [2.75, 3.05) is 0 Å². The van der Waals surface area contributed by atoms with Gasteiger partial charge in [-0.25, -0.2) is 17.6 Å². The van der Waals surface area contributed by atoms with Crippen LogP contribution in [-0.4, -0.2) is 56.1 Å². The summed E-state index contributed by atoms with van der Waals surface area (Å²) in [6.45, 7) is 14.5. The zero-order valence-corrected chi connectivity index (χ0v) is 30.4. The van der Waals surface area contributed by atoms with E-state index in [0.29, 0.717) is 11.1 Å². The molecule has 0 saturated heterocycles. The molecule has 0 fully saturated rings. The van der Waals surface area contributed by atoms with Crippen molar-refractivity contribution >= 4 is 11.8 Å². The smallest absolute Gasteiger partial charge is 0.260 e. The fourth-order valence-electron chi connectivity index (χ4n) is 6.66. The summed E-state index contributed by atoms with van der Waals surface area (Å²) in [6.07, 6.45) is -1.64. The quantitative estimate of drug-likeness (QED) is 0.0944. The molecule has 0 spiro atoms. The lowest BCUT2D eigenvalue weighted by atomic mass is 9.96. The average Bonchev–Trinajstić information content (AvgIpc) is 3.72. The molecule has 0 aliphatic heterocycles. The highest BCUT2D eigenvalue weighted by atomic mass is 19.2. The Balaban J connectivity index is 1.61. The van der Waals surface area contributed by atoms with E-state index in [4.69, 9.17) is 9.05 Å². The van der Waals surface area contributed by atoms with Crippen molar-refractivity contribution < 1.29 is 36.2 Å². The number of halogens is 4. The van der Waals surface area contributed by atoms with Crippen LogP contribution in [0.4, 0.5) is 17.6 Å². The summed E-state index contributed by atoms with van der Waals surface area (Å²) in [5.74, 6) is -8.31. The molecule has 2 aromatic heterocycles. The van der Waals surface area contributed by atoms with Gasteiger partial charge in [0.05, 0.1) is 0 Å². The van der Waals surface area contributed by atoms with Gasteiger partial charge in [-0.05, 0) is 55.4 Å². The van der Waals surface area contributed by atoms with Crippen LogP contribution in [0.3, 0.4) is 0 Å². The Hall–Kier alpha value is -5.26. The minimum absolute atomic E-state index is 0.0737. The van der Waals surface area contributed by atoms with Crippen LogP contribution in [0.2, 0.25) is 0 Å². The highest BCUT2D eigenvalue weighted by Gasteiger charge is 2.36. The van der Waals surface area contributed by atoms with E-state index in [-0.39, 0.29) is 58.2 Å². The third-order valence-electron chi connectivity index (χ3n) is 8.86. The van der Waals surface area contributed by atoms with E-state index >= 15 is 17.6 Å². The summed E-state index contributed by atoms with van der Waals surface area (Å²) < 4.78 is 74.9. The van der Waals surface area contributed by atoms with Gasteiger partial charge in [-0.1, -0.05) is 71.0 Å². The molecular formula is C40H42F4N4O4. The Morgan fingerprint density at radius 3 is 1.10 bits per heavy atom. The Morgan fingerprint density at radius 1 is 0.538 bits per heavy atom. The summed E-state index contributed by atoms with van der Waals surface area (Å²) in [5, 5.41) is 8.13. The monoisotopic (exact) mass is 718 g/mol. The maximum Gasteiger partial charge on any atom is 0.260 e. The SMILES string of the molecule is CC(C)N(C(=O)c1c(-c2ccccc2)noc1Cc1c(F)c(F)c(Cc2onc(-c3ccccc3)c2C(=O)N(C(C)C)C(C)C)c(F)c1F)C(C)C. The number of hydrogen-bond acceptors (Lipinski definition) is 6. The molecule has 0 radical (unpaired) electrons. The van der Waals surface area contributed by atoms with Crippen molar-refractivity contribution in [3.8, 4) is 22.5 Å². The topological polar surface area (TPSA) is 92.7 Å². The van der Waals surface area contributed by atoms with Crippen molar-refractivity contribution in [2.24, 2.45) is 0 Å². The first kappa shape index (κ1) is 38.0. The molecule has 0 bridgehead atoms. The normalized spacial score (nSPS) is 11.7. The molecule has 0 atom stereocenters. The van der Waals surface area contributed by atoms with Crippen LogP contribution in [0.15, 0.2) is 69.7 Å². The number of carbonyl (C=O) groups excluding carboxylic acids is 2. The molecule has 2 amide bonds. The Morgan fingerprint density at radius 2 is 0.827 bits per heavy atom. The fraction of sp³-hybridized carbons (Fsp3) is 0.350. The molecule has 0 N–H and O–H groups in total. The van der Waals surface area contributed by atoms with E-state index in [1.54, 1.807) is 70.5 Å². The molecule has 274 valence electrons. The molecule has 5 rings (SSSR count). The van der Waals surface area contributed by atoms with Crippen LogP contribution < -0.4 is 0 Å². The first-order valence-electron chi connectivity index (χ1n) is 17.2. The van der Waals surface area contributed by atoms with Gasteiger partial charge in [-0.3, -0.25) is 9.59 Å². The average molecular weight is 719 g/mol. The Labute approximate surface area is 300 Å². The standard InChI is InChI=1S/C40H42F4N4O4/c1-21(2)47(22(3)4)39(49)31-29(51-45-37(31)25-15-11-9-12-16-25)19-27-33(41)35(43)28(36(44)34(27)42)20-30-32(40(50)48(23(5)6)24(7)8)38(46-52-30)26-17-13-10-14-18-26/h9-18,21-24H,19-20H2,1-8H3. The highest BCUT2D eigenvalue weighted by Crippen LogP contribution is 2.35. The largest absolute Gasteiger partial charge is 0.360 e. The van der Waals surface area contributed by atoms with Gasteiger partial charge in [-0.2, -0.15) is 0 Å². The summed E-state index contributed by atoms with van der Waals surface area (Å²) in [7, 11) is 0. The van der Waals surface area contributed by atoms with Crippen LogP contribution in [0.25, 0.3) is 22.5 Å².